The summed E-state index contributed by atoms with van der Waals surface area (Å²) in [6.45, 7) is 0. The van der Waals surface area contributed by atoms with Crippen molar-refractivity contribution in [3.05, 3.63) is 72.3 Å². The number of hydrogen-bond acceptors (Lipinski definition) is 10. The molecule has 0 saturated heterocycles. The fourth-order valence-corrected chi connectivity index (χ4v) is 2.45. The van der Waals surface area contributed by atoms with Gasteiger partial charge in [0.1, 0.15) is 11.4 Å². The minimum atomic E-state index is -0.00926. The Labute approximate surface area is 222 Å². The van der Waals surface area contributed by atoms with Gasteiger partial charge in [-0.3, -0.25) is 9.97 Å². The number of hydrogen-bond donors (Lipinski definition) is 2. The number of fused-ring (bicyclic) bond motifs is 2. The van der Waals surface area contributed by atoms with E-state index in [4.69, 9.17) is 11.5 Å². The van der Waals surface area contributed by atoms with Crippen LogP contribution in [0.25, 0.3) is 22.1 Å². The molecular weight excluding hydrogens is 539 g/mol. The van der Waals surface area contributed by atoms with Crippen molar-refractivity contribution < 1.29 is 29.2 Å². The molecule has 0 fully saturated rings. The second-order valence-corrected chi connectivity index (χ2v) is 6.77. The molecule has 0 amide bonds. The second-order valence-electron chi connectivity index (χ2n) is 5.93. The van der Waals surface area contributed by atoms with E-state index >= 15 is 0 Å². The molecule has 2 aromatic carbocycles. The Morgan fingerprint density at radius 3 is 1.38 bits per heavy atom. The Morgan fingerprint density at radius 1 is 0.676 bits per heavy atom. The van der Waals surface area contributed by atoms with Gasteiger partial charge in [0.15, 0.2) is 0 Å². The molecule has 0 bridgehead atoms. The third-order valence-electron chi connectivity index (χ3n) is 3.63. The first kappa shape index (κ1) is 28.7. The molecule has 14 heteroatoms. The average molecular weight is 555 g/mol. The van der Waals surface area contributed by atoms with Crippen LogP contribution in [0.5, 0.6) is 0 Å². The monoisotopic (exact) mass is 554 g/mol. The van der Waals surface area contributed by atoms with Gasteiger partial charge < -0.3 is 49.1 Å². The van der Waals surface area contributed by atoms with Crippen LogP contribution in [0.15, 0.2) is 81.3 Å². The van der Waals surface area contributed by atoms with E-state index in [1.165, 1.54) is 12.4 Å². The fraction of sp³-hybridized carbons (Fsp3) is 0. The smallest absolute Gasteiger partial charge is 1.00 e. The third kappa shape index (κ3) is 9.25. The molecule has 0 aliphatic carbocycles. The van der Waals surface area contributed by atoms with E-state index in [0.29, 0.717) is 11.4 Å². The molecule has 34 heavy (non-hydrogen) atoms. The first-order valence-corrected chi connectivity index (χ1v) is 9.83. The van der Waals surface area contributed by atoms with Gasteiger partial charge in [0.2, 0.25) is 0 Å². The molecule has 0 spiro atoms. The summed E-state index contributed by atoms with van der Waals surface area (Å²) in [6, 6.07) is 15.2. The first-order chi connectivity index (χ1) is 15.5. The average Bonchev–Trinajstić information content (AvgIpc) is 2.79. The topological polar surface area (TPSA) is 153 Å². The van der Waals surface area contributed by atoms with E-state index in [9.17, 15) is 0 Å². The Balaban J connectivity index is 0.000000321. The minimum absolute atomic E-state index is 0. The van der Waals surface area contributed by atoms with Gasteiger partial charge >= 0.3 is 16.8 Å². The van der Waals surface area contributed by atoms with Crippen LogP contribution in [-0.2, 0) is 42.0 Å². The first-order valence-electron chi connectivity index (χ1n) is 9.02. The Hall–Kier alpha value is -3.36. The van der Waals surface area contributed by atoms with Crippen LogP contribution in [-0.4, -0.2) is 42.7 Å². The molecule has 0 saturated carbocycles. The van der Waals surface area contributed by atoms with Crippen molar-refractivity contribution in [2.24, 2.45) is 31.9 Å². The molecule has 4 aromatic rings. The normalized spacial score (nSPS) is 11.6. The summed E-state index contributed by atoms with van der Waals surface area (Å²) in [4.78, 5) is 17.1. The number of benzene rings is 2. The van der Waals surface area contributed by atoms with Gasteiger partial charge in [0.05, 0.1) is 46.9 Å². The molecule has 2 heterocycles. The van der Waals surface area contributed by atoms with Gasteiger partial charge in [0, 0.05) is 0 Å². The maximum atomic E-state index is 5.16. The molecular formula is C20H16ClCoN10S2. The van der Waals surface area contributed by atoms with Crippen molar-refractivity contribution in [3.63, 3.8) is 0 Å². The number of aromatic nitrogens is 4. The maximum absolute atomic E-state index is 5.16. The zero-order valence-corrected chi connectivity index (χ0v) is 20.6. The molecule has 0 unspecified atom stereocenters. The number of nitrogens with zero attached hydrogens (tertiary/aromatic N) is 8. The summed E-state index contributed by atoms with van der Waals surface area (Å²) in [5.41, 5.74) is 14.8. The maximum Gasteiger partial charge on any atom is 3.00 e. The Bertz CT molecular complexity index is 1240. The predicted molar refractivity (Wildman–Crippen MR) is 132 cm³/mol. The molecule has 0 radical (unpaired) electrons. The molecule has 0 aliphatic heterocycles. The summed E-state index contributed by atoms with van der Waals surface area (Å²) in [5, 5.41) is 14.4. The van der Waals surface area contributed by atoms with Gasteiger partial charge in [-0.05, 0) is 34.6 Å². The van der Waals surface area contributed by atoms with Crippen molar-refractivity contribution in [3.8, 4) is 0 Å². The van der Waals surface area contributed by atoms with Crippen LogP contribution in [0.1, 0.15) is 11.4 Å². The Morgan fingerprint density at radius 2 is 1.03 bits per heavy atom. The van der Waals surface area contributed by atoms with E-state index in [2.05, 4.69) is 65.6 Å². The summed E-state index contributed by atoms with van der Waals surface area (Å²) < 4.78 is 0. The van der Waals surface area contributed by atoms with Crippen molar-refractivity contribution >= 4 is 70.1 Å². The largest absolute Gasteiger partial charge is 3.00 e. The van der Waals surface area contributed by atoms with E-state index in [1.54, 1.807) is 12.4 Å². The van der Waals surface area contributed by atoms with E-state index in [1.807, 2.05) is 48.5 Å². The van der Waals surface area contributed by atoms with Crippen LogP contribution in [0, 0.1) is 0 Å². The number of para-hydroxylation sites is 4. The van der Waals surface area contributed by atoms with Crippen molar-refractivity contribution in [1.29, 1.82) is 0 Å². The number of rotatable bonds is 4. The summed E-state index contributed by atoms with van der Waals surface area (Å²) >= 11 is 9.10. The van der Waals surface area contributed by atoms with Crippen LogP contribution < -0.4 is 23.9 Å². The van der Waals surface area contributed by atoms with Gasteiger partial charge in [-0.2, -0.15) is 20.4 Å². The third-order valence-corrected chi connectivity index (χ3v) is 3.79. The number of halogens is 1. The van der Waals surface area contributed by atoms with E-state index in [-0.39, 0.29) is 39.5 Å². The predicted octanol–water partition coefficient (Wildman–Crippen LogP) is -1.35. The van der Waals surface area contributed by atoms with Crippen LogP contribution >= 0.6 is 0 Å². The van der Waals surface area contributed by atoms with Gasteiger partial charge in [0.25, 0.3) is 0 Å². The molecule has 10 nitrogen and oxygen atoms in total. The van der Waals surface area contributed by atoms with Gasteiger partial charge in [-0.15, -0.1) is 0 Å². The summed E-state index contributed by atoms with van der Waals surface area (Å²) in [7, 11) is 0. The Kier molecular flexibility index (Phi) is 12.4. The summed E-state index contributed by atoms with van der Waals surface area (Å²) in [5.74, 6) is 0. The molecule has 0 aliphatic rings. The van der Waals surface area contributed by atoms with E-state index in [0.717, 1.165) is 22.1 Å². The minimum Gasteiger partial charge on any atom is -1.00 e. The molecule has 174 valence electrons. The number of amidine groups is 2. The molecule has 0 atom stereocenters. The van der Waals surface area contributed by atoms with E-state index < -0.39 is 0 Å². The quantitative estimate of drug-likeness (QED) is 0.136. The van der Waals surface area contributed by atoms with Gasteiger partial charge in [-0.25, -0.2) is 9.97 Å². The molecule has 4 rings (SSSR count). The second kappa shape index (κ2) is 14.7. The SMILES string of the molecule is N/C([S-])=N\N=C\c1cnc2ccccc2n1.N/C([S-])=N\N=C\c1cnc2ccccc2n1.[Cl-].[Co+3]. The number of nitrogens with two attached hydrogens (primary N) is 2. The van der Waals surface area contributed by atoms with Crippen LogP contribution in [0.3, 0.4) is 0 Å². The fourth-order valence-electron chi connectivity index (χ4n) is 2.36. The van der Waals surface area contributed by atoms with Gasteiger partial charge in [-0.1, -0.05) is 24.3 Å². The standard InChI is InChI=1S/2C10H9N5S.ClH.Co/c2*11-10(16)15-13-6-7-5-12-8-3-1-2-4-9(8)14-7;;/h2*1-6H,(H3,11,15,16);1H;/q;;;+3/p-3/b2*13-6+;;. The van der Waals surface area contributed by atoms with Crippen LogP contribution in [0.4, 0.5) is 0 Å². The van der Waals surface area contributed by atoms with Crippen molar-refractivity contribution in [2.75, 3.05) is 0 Å². The molecule has 2 aromatic heterocycles. The zero-order valence-electron chi connectivity index (χ0n) is 17.2. The molecule has 4 N–H and O–H groups in total. The van der Waals surface area contributed by atoms with Crippen molar-refractivity contribution in [2.45, 2.75) is 0 Å². The summed E-state index contributed by atoms with van der Waals surface area (Å²) in [6.07, 6.45) is 6.14. The van der Waals surface area contributed by atoms with Crippen LogP contribution in [0.2, 0.25) is 0 Å². The zero-order chi connectivity index (χ0) is 22.8. The van der Waals surface area contributed by atoms with Crippen molar-refractivity contribution in [1.82, 2.24) is 19.9 Å².